The van der Waals surface area contributed by atoms with Crippen LogP contribution in [0, 0.1) is 0 Å². The van der Waals surface area contributed by atoms with Gasteiger partial charge in [-0.05, 0) is 49.6 Å². The predicted octanol–water partition coefficient (Wildman–Crippen LogP) is 3.44. The highest BCUT2D eigenvalue weighted by molar-refractivity contribution is 5.93. The van der Waals surface area contributed by atoms with Crippen LogP contribution in [0.3, 0.4) is 0 Å². The Hall–Kier alpha value is -3.55. The van der Waals surface area contributed by atoms with Crippen LogP contribution in [0.15, 0.2) is 48.8 Å². The number of nitrogens with zero attached hydrogens (tertiary/aromatic N) is 4. The molecule has 8 nitrogen and oxygen atoms in total. The average Bonchev–Trinajstić information content (AvgIpc) is 3.20. The minimum atomic E-state index is -0.264. The maximum absolute atomic E-state index is 12.5. The van der Waals surface area contributed by atoms with E-state index in [1.54, 1.807) is 25.2 Å². The molecule has 1 aliphatic rings. The number of urea groups is 1. The summed E-state index contributed by atoms with van der Waals surface area (Å²) in [7, 11) is 3.49. The molecule has 4 rings (SSSR count). The lowest BCUT2D eigenvalue weighted by molar-refractivity contribution is -0.129. The molecule has 2 N–H and O–H groups in total. The van der Waals surface area contributed by atoms with E-state index >= 15 is 0 Å². The molecule has 2 aromatic heterocycles. The van der Waals surface area contributed by atoms with Gasteiger partial charge in [-0.2, -0.15) is 0 Å². The zero-order valence-electron chi connectivity index (χ0n) is 18.7. The summed E-state index contributed by atoms with van der Waals surface area (Å²) in [6.45, 7) is 2.72. The maximum atomic E-state index is 12.5. The molecule has 3 amide bonds. The van der Waals surface area contributed by atoms with E-state index in [0.29, 0.717) is 12.2 Å². The summed E-state index contributed by atoms with van der Waals surface area (Å²) in [5.41, 5.74) is 2.67. The fourth-order valence-corrected chi connectivity index (χ4v) is 4.01. The van der Waals surface area contributed by atoms with Gasteiger partial charge in [0.05, 0.1) is 0 Å². The minimum Gasteiger partial charge on any atom is -0.356 e. The van der Waals surface area contributed by atoms with Gasteiger partial charge in [0.25, 0.3) is 0 Å². The smallest absolute Gasteiger partial charge is 0.319 e. The SMILES string of the molecule is CN(C)C(=O)Cn1ccc2cc(NC(=O)NCc3cccnc3N3CCCCC3)ccc21. The van der Waals surface area contributed by atoms with Crippen LogP contribution >= 0.6 is 0 Å². The number of hydrogen-bond acceptors (Lipinski definition) is 4. The molecule has 3 heterocycles. The maximum Gasteiger partial charge on any atom is 0.319 e. The molecule has 8 heteroatoms. The summed E-state index contributed by atoms with van der Waals surface area (Å²) in [5, 5.41) is 6.82. The molecule has 1 aliphatic heterocycles. The number of fused-ring (bicyclic) bond motifs is 1. The average molecular weight is 435 g/mol. The number of benzene rings is 1. The van der Waals surface area contributed by atoms with Crippen LogP contribution < -0.4 is 15.5 Å². The molecule has 168 valence electrons. The van der Waals surface area contributed by atoms with E-state index < -0.39 is 0 Å². The first-order valence-electron chi connectivity index (χ1n) is 11.0. The Labute approximate surface area is 188 Å². The number of pyridine rings is 1. The van der Waals surface area contributed by atoms with E-state index in [9.17, 15) is 9.59 Å². The van der Waals surface area contributed by atoms with Gasteiger partial charge < -0.3 is 25.0 Å². The van der Waals surface area contributed by atoms with E-state index in [0.717, 1.165) is 35.4 Å². The molecule has 32 heavy (non-hydrogen) atoms. The van der Waals surface area contributed by atoms with Gasteiger partial charge in [0, 0.05) is 68.3 Å². The van der Waals surface area contributed by atoms with E-state index in [1.807, 2.05) is 47.2 Å². The second kappa shape index (κ2) is 9.72. The summed E-state index contributed by atoms with van der Waals surface area (Å²) >= 11 is 0. The number of anilines is 2. The summed E-state index contributed by atoms with van der Waals surface area (Å²) in [4.78, 5) is 33.0. The summed E-state index contributed by atoms with van der Waals surface area (Å²) in [6, 6.07) is 11.3. The molecule has 3 aromatic rings. The van der Waals surface area contributed by atoms with Crippen LogP contribution in [0.5, 0.6) is 0 Å². The Morgan fingerprint density at radius 1 is 1.09 bits per heavy atom. The molecule has 0 spiro atoms. The lowest BCUT2D eigenvalue weighted by atomic mass is 10.1. The Morgan fingerprint density at radius 2 is 1.91 bits per heavy atom. The zero-order chi connectivity index (χ0) is 22.5. The second-order valence-corrected chi connectivity index (χ2v) is 8.35. The van der Waals surface area contributed by atoms with E-state index in [-0.39, 0.29) is 18.5 Å². The molecule has 1 fully saturated rings. The Balaban J connectivity index is 1.38. The van der Waals surface area contributed by atoms with Crippen molar-refractivity contribution >= 4 is 34.3 Å². The Morgan fingerprint density at radius 3 is 2.69 bits per heavy atom. The predicted molar refractivity (Wildman–Crippen MR) is 127 cm³/mol. The highest BCUT2D eigenvalue weighted by Gasteiger charge is 2.16. The van der Waals surface area contributed by atoms with Crippen molar-refractivity contribution in [1.29, 1.82) is 0 Å². The van der Waals surface area contributed by atoms with E-state index in [2.05, 4.69) is 20.5 Å². The van der Waals surface area contributed by atoms with Crippen molar-refractivity contribution in [3.05, 3.63) is 54.4 Å². The van der Waals surface area contributed by atoms with Crippen LogP contribution in [0.4, 0.5) is 16.3 Å². The standard InChI is InChI=1S/C24H30N6O2/c1-28(2)22(31)17-30-14-10-18-15-20(8-9-21(18)30)27-24(32)26-16-19-7-6-11-25-23(19)29-12-4-3-5-13-29/h6-11,14-15H,3-5,12-13,16-17H2,1-2H3,(H2,26,27,32). The van der Waals surface area contributed by atoms with Gasteiger partial charge in [-0.1, -0.05) is 6.07 Å². The minimum absolute atomic E-state index is 0.0309. The first kappa shape index (κ1) is 21.7. The van der Waals surface area contributed by atoms with Crippen LogP contribution in [0.2, 0.25) is 0 Å². The van der Waals surface area contributed by atoms with Gasteiger partial charge in [-0.15, -0.1) is 0 Å². The van der Waals surface area contributed by atoms with E-state index in [4.69, 9.17) is 0 Å². The van der Waals surface area contributed by atoms with Gasteiger partial charge in [0.15, 0.2) is 0 Å². The molecular formula is C24H30N6O2. The number of aromatic nitrogens is 2. The van der Waals surface area contributed by atoms with Crippen molar-refractivity contribution in [2.45, 2.75) is 32.4 Å². The lowest BCUT2D eigenvalue weighted by Gasteiger charge is -2.29. The zero-order valence-corrected chi connectivity index (χ0v) is 18.7. The van der Waals surface area contributed by atoms with Gasteiger partial charge >= 0.3 is 6.03 Å². The van der Waals surface area contributed by atoms with Gasteiger partial charge in [0.2, 0.25) is 5.91 Å². The number of carbonyl (C=O) groups is 2. The van der Waals surface area contributed by atoms with Gasteiger partial charge in [0.1, 0.15) is 12.4 Å². The number of nitrogens with one attached hydrogen (secondary N) is 2. The number of hydrogen-bond donors (Lipinski definition) is 2. The van der Waals surface area contributed by atoms with Crippen molar-refractivity contribution in [3.63, 3.8) is 0 Å². The van der Waals surface area contributed by atoms with Crippen molar-refractivity contribution in [3.8, 4) is 0 Å². The molecule has 0 atom stereocenters. The van der Waals surface area contributed by atoms with E-state index in [1.165, 1.54) is 19.3 Å². The normalized spacial score (nSPS) is 13.8. The number of piperidine rings is 1. The fraction of sp³-hybridized carbons (Fsp3) is 0.375. The molecule has 0 aliphatic carbocycles. The number of rotatable bonds is 6. The van der Waals surface area contributed by atoms with Crippen LogP contribution in [-0.4, -0.2) is 53.6 Å². The molecule has 0 radical (unpaired) electrons. The van der Waals surface area contributed by atoms with Crippen molar-refractivity contribution in [2.75, 3.05) is 37.4 Å². The molecule has 1 aromatic carbocycles. The van der Waals surface area contributed by atoms with Gasteiger partial charge in [-0.3, -0.25) is 4.79 Å². The fourth-order valence-electron chi connectivity index (χ4n) is 4.01. The first-order valence-corrected chi connectivity index (χ1v) is 11.0. The summed E-state index contributed by atoms with van der Waals surface area (Å²) < 4.78 is 1.91. The molecular weight excluding hydrogens is 404 g/mol. The third kappa shape index (κ3) is 5.01. The number of amides is 3. The van der Waals surface area contributed by atoms with Gasteiger partial charge in [-0.25, -0.2) is 9.78 Å². The molecule has 0 unspecified atom stereocenters. The van der Waals surface area contributed by atoms with Crippen LogP contribution in [-0.2, 0) is 17.9 Å². The molecule has 0 saturated carbocycles. The molecule has 0 bridgehead atoms. The third-order valence-corrected chi connectivity index (χ3v) is 5.80. The van der Waals surface area contributed by atoms with Crippen molar-refractivity contribution in [1.82, 2.24) is 19.8 Å². The topological polar surface area (TPSA) is 82.5 Å². The summed E-state index contributed by atoms with van der Waals surface area (Å²) in [6.07, 6.45) is 7.31. The largest absolute Gasteiger partial charge is 0.356 e. The van der Waals surface area contributed by atoms with Crippen LogP contribution in [0.1, 0.15) is 24.8 Å². The quantitative estimate of drug-likeness (QED) is 0.623. The highest BCUT2D eigenvalue weighted by Crippen LogP contribution is 2.22. The monoisotopic (exact) mass is 434 g/mol. The first-order chi connectivity index (χ1) is 15.5. The number of carbonyl (C=O) groups excluding carboxylic acids is 2. The second-order valence-electron chi connectivity index (χ2n) is 8.35. The molecule has 1 saturated heterocycles. The Bertz CT molecular complexity index is 1100. The van der Waals surface area contributed by atoms with Crippen molar-refractivity contribution in [2.24, 2.45) is 0 Å². The number of likely N-dealkylation sites (N-methyl/N-ethyl adjacent to an activating group) is 1. The third-order valence-electron chi connectivity index (χ3n) is 5.80. The Kier molecular flexibility index (Phi) is 6.58. The summed E-state index contributed by atoms with van der Waals surface area (Å²) in [5.74, 6) is 0.992. The van der Waals surface area contributed by atoms with Crippen LogP contribution in [0.25, 0.3) is 10.9 Å². The van der Waals surface area contributed by atoms with Crippen molar-refractivity contribution < 1.29 is 9.59 Å². The lowest BCUT2D eigenvalue weighted by Crippen LogP contribution is -2.33. The highest BCUT2D eigenvalue weighted by atomic mass is 16.2.